The minimum absolute atomic E-state index is 0.586. The molecule has 100 valence electrons. The lowest BCUT2D eigenvalue weighted by Crippen LogP contribution is -2.22. The van der Waals surface area contributed by atoms with E-state index in [4.69, 9.17) is 0 Å². The first-order valence-electron chi connectivity index (χ1n) is 7.09. The highest BCUT2D eigenvalue weighted by Gasteiger charge is 2.21. The third kappa shape index (κ3) is 3.44. The molecule has 1 heterocycles. The maximum atomic E-state index is 4.07. The van der Waals surface area contributed by atoms with Gasteiger partial charge >= 0.3 is 0 Å². The highest BCUT2D eigenvalue weighted by atomic mass is 15.0. The van der Waals surface area contributed by atoms with E-state index in [1.54, 1.807) is 0 Å². The first-order valence-corrected chi connectivity index (χ1v) is 7.09. The average molecular weight is 255 g/mol. The highest BCUT2D eigenvalue weighted by molar-refractivity contribution is 5.25. The molecule has 0 aliphatic heterocycles. The van der Waals surface area contributed by atoms with Crippen molar-refractivity contribution in [1.29, 1.82) is 0 Å². The van der Waals surface area contributed by atoms with E-state index in [1.165, 1.54) is 24.0 Å². The molecule has 19 heavy (non-hydrogen) atoms. The van der Waals surface area contributed by atoms with Crippen molar-refractivity contribution in [3.05, 3.63) is 54.1 Å². The third-order valence-electron chi connectivity index (χ3n) is 3.76. The molecule has 1 saturated carbocycles. The van der Waals surface area contributed by atoms with E-state index < -0.39 is 0 Å². The summed E-state index contributed by atoms with van der Waals surface area (Å²) >= 11 is 0. The van der Waals surface area contributed by atoms with Crippen LogP contribution in [0.1, 0.15) is 36.8 Å². The van der Waals surface area contributed by atoms with Gasteiger partial charge in [-0.3, -0.25) is 0 Å². The Morgan fingerprint density at radius 2 is 2.11 bits per heavy atom. The number of benzene rings is 1. The van der Waals surface area contributed by atoms with Gasteiger partial charge in [-0.15, -0.1) is 0 Å². The lowest BCUT2D eigenvalue weighted by Gasteiger charge is -2.13. The van der Waals surface area contributed by atoms with Gasteiger partial charge in [0.1, 0.15) is 0 Å². The first-order chi connectivity index (χ1) is 9.31. The molecule has 1 aliphatic carbocycles. The predicted octanol–water partition coefficient (Wildman–Crippen LogP) is 2.79. The molecule has 3 nitrogen and oxygen atoms in total. The van der Waals surface area contributed by atoms with Crippen LogP contribution >= 0.6 is 0 Å². The quantitative estimate of drug-likeness (QED) is 0.860. The maximum absolute atomic E-state index is 4.07. The van der Waals surface area contributed by atoms with Crippen molar-refractivity contribution in [3.63, 3.8) is 0 Å². The van der Waals surface area contributed by atoms with Crippen molar-refractivity contribution in [2.24, 2.45) is 0 Å². The van der Waals surface area contributed by atoms with Gasteiger partial charge < -0.3 is 9.88 Å². The van der Waals surface area contributed by atoms with Crippen LogP contribution in [0.2, 0.25) is 0 Å². The van der Waals surface area contributed by atoms with E-state index in [1.807, 2.05) is 18.7 Å². The van der Waals surface area contributed by atoms with Gasteiger partial charge in [0.15, 0.2) is 0 Å². The Balaban J connectivity index is 1.57. The number of rotatable bonds is 6. The van der Waals surface area contributed by atoms with Crippen molar-refractivity contribution in [2.75, 3.05) is 6.54 Å². The van der Waals surface area contributed by atoms with E-state index in [0.717, 1.165) is 19.1 Å². The summed E-state index contributed by atoms with van der Waals surface area (Å²) in [6.07, 6.45) is 8.39. The molecule has 0 radical (unpaired) electrons. The Kier molecular flexibility index (Phi) is 3.65. The van der Waals surface area contributed by atoms with Gasteiger partial charge in [0, 0.05) is 31.5 Å². The summed E-state index contributed by atoms with van der Waals surface area (Å²) in [5, 5.41) is 3.59. The Bertz CT molecular complexity index is 497. The minimum atomic E-state index is 0.586. The summed E-state index contributed by atoms with van der Waals surface area (Å²) in [6.45, 7) is 4.28. The zero-order valence-corrected chi connectivity index (χ0v) is 11.4. The van der Waals surface area contributed by atoms with E-state index in [-0.39, 0.29) is 0 Å². The van der Waals surface area contributed by atoms with E-state index in [9.17, 15) is 0 Å². The molecular weight excluding hydrogens is 234 g/mol. The molecule has 1 N–H and O–H groups in total. The number of nitrogens with zero attached hydrogens (tertiary/aromatic N) is 2. The molecule has 0 bridgehead atoms. The summed E-state index contributed by atoms with van der Waals surface area (Å²) in [5.74, 6) is 0.586. The van der Waals surface area contributed by atoms with E-state index in [0.29, 0.717) is 5.92 Å². The zero-order chi connectivity index (χ0) is 13.1. The topological polar surface area (TPSA) is 29.9 Å². The van der Waals surface area contributed by atoms with Gasteiger partial charge in [-0.25, -0.2) is 4.98 Å². The maximum Gasteiger partial charge on any atom is 0.0949 e. The normalized spacial score (nSPS) is 16.5. The van der Waals surface area contributed by atoms with Crippen LogP contribution in [0.4, 0.5) is 0 Å². The largest absolute Gasteiger partial charge is 0.333 e. The van der Waals surface area contributed by atoms with Crippen LogP contribution in [0.3, 0.4) is 0 Å². The van der Waals surface area contributed by atoms with Crippen molar-refractivity contribution < 1.29 is 0 Å². The molecule has 0 amide bonds. The first kappa shape index (κ1) is 12.4. The molecule has 1 aliphatic rings. The molecule has 2 aromatic rings. The van der Waals surface area contributed by atoms with Crippen molar-refractivity contribution in [1.82, 2.24) is 14.9 Å². The smallest absolute Gasteiger partial charge is 0.0949 e. The van der Waals surface area contributed by atoms with E-state index in [2.05, 4.69) is 46.1 Å². The number of hydrogen-bond donors (Lipinski definition) is 1. The fourth-order valence-corrected chi connectivity index (χ4v) is 2.29. The van der Waals surface area contributed by atoms with Crippen LogP contribution in [0, 0.1) is 0 Å². The zero-order valence-electron chi connectivity index (χ0n) is 11.4. The van der Waals surface area contributed by atoms with Crippen LogP contribution in [-0.2, 0) is 6.54 Å². The second-order valence-electron chi connectivity index (χ2n) is 5.56. The standard InChI is InChI=1S/C16H21N3/c1-13(10-18-16-6-7-16)15-4-2-14(3-5-15)11-19-9-8-17-12-19/h2-5,8-9,12-13,16,18H,6-7,10-11H2,1H3. The fraction of sp³-hybridized carbons (Fsp3) is 0.438. The molecule has 1 fully saturated rings. The van der Waals surface area contributed by atoms with Crippen LogP contribution in [-0.4, -0.2) is 22.1 Å². The number of hydrogen-bond acceptors (Lipinski definition) is 2. The van der Waals surface area contributed by atoms with E-state index >= 15 is 0 Å². The van der Waals surface area contributed by atoms with Gasteiger partial charge in [0.25, 0.3) is 0 Å². The Morgan fingerprint density at radius 1 is 1.32 bits per heavy atom. The fourth-order valence-electron chi connectivity index (χ4n) is 2.29. The highest BCUT2D eigenvalue weighted by Crippen LogP contribution is 2.21. The summed E-state index contributed by atoms with van der Waals surface area (Å²) in [7, 11) is 0. The van der Waals surface area contributed by atoms with Gasteiger partial charge in [-0.2, -0.15) is 0 Å². The summed E-state index contributed by atoms with van der Waals surface area (Å²) in [5.41, 5.74) is 2.74. The molecule has 3 heteroatoms. The van der Waals surface area contributed by atoms with Crippen LogP contribution in [0.15, 0.2) is 43.0 Å². The lowest BCUT2D eigenvalue weighted by atomic mass is 10.00. The second kappa shape index (κ2) is 5.57. The molecule has 3 rings (SSSR count). The van der Waals surface area contributed by atoms with Crippen molar-refractivity contribution in [2.45, 2.75) is 38.3 Å². The van der Waals surface area contributed by atoms with Gasteiger partial charge in [0.05, 0.1) is 6.33 Å². The molecule has 0 spiro atoms. The Labute approximate surface area is 114 Å². The van der Waals surface area contributed by atoms with Gasteiger partial charge in [-0.05, 0) is 29.9 Å². The van der Waals surface area contributed by atoms with Crippen LogP contribution < -0.4 is 5.32 Å². The molecular formula is C16H21N3. The average Bonchev–Trinajstić information content (AvgIpc) is 3.13. The van der Waals surface area contributed by atoms with Gasteiger partial charge in [0.2, 0.25) is 0 Å². The molecule has 1 unspecified atom stereocenters. The monoisotopic (exact) mass is 255 g/mol. The van der Waals surface area contributed by atoms with Crippen LogP contribution in [0.25, 0.3) is 0 Å². The molecule has 0 saturated heterocycles. The summed E-state index contributed by atoms with van der Waals surface area (Å²) in [6, 6.07) is 9.76. The summed E-state index contributed by atoms with van der Waals surface area (Å²) in [4.78, 5) is 4.07. The van der Waals surface area contributed by atoms with Crippen LogP contribution in [0.5, 0.6) is 0 Å². The minimum Gasteiger partial charge on any atom is -0.333 e. The van der Waals surface area contributed by atoms with Gasteiger partial charge in [-0.1, -0.05) is 31.2 Å². The molecule has 1 aromatic heterocycles. The molecule has 1 atom stereocenters. The SMILES string of the molecule is CC(CNC1CC1)c1ccc(Cn2ccnc2)cc1. The Hall–Kier alpha value is -1.61. The summed E-state index contributed by atoms with van der Waals surface area (Å²) < 4.78 is 2.09. The van der Waals surface area contributed by atoms with Crippen molar-refractivity contribution in [3.8, 4) is 0 Å². The lowest BCUT2D eigenvalue weighted by molar-refractivity contribution is 0.611. The molecule has 1 aromatic carbocycles. The number of aromatic nitrogens is 2. The number of nitrogens with one attached hydrogen (secondary N) is 1. The van der Waals surface area contributed by atoms with Crippen molar-refractivity contribution >= 4 is 0 Å². The Morgan fingerprint density at radius 3 is 2.74 bits per heavy atom. The third-order valence-corrected chi connectivity index (χ3v) is 3.76. The predicted molar refractivity (Wildman–Crippen MR) is 77.2 cm³/mol. The second-order valence-corrected chi connectivity index (χ2v) is 5.56. The number of imidazole rings is 1.